The van der Waals surface area contributed by atoms with Crippen molar-refractivity contribution in [1.29, 1.82) is 0 Å². The second-order valence-electron chi connectivity index (χ2n) is 6.19. The molecule has 102 valence electrons. The minimum absolute atomic E-state index is 0.480. The molecule has 1 aliphatic heterocycles. The lowest BCUT2D eigenvalue weighted by Crippen LogP contribution is -2.50. The van der Waals surface area contributed by atoms with E-state index >= 15 is 0 Å². The molecule has 1 saturated heterocycles. The fourth-order valence-corrected chi connectivity index (χ4v) is 4.08. The summed E-state index contributed by atoms with van der Waals surface area (Å²) in [5, 5.41) is 4.12. The van der Waals surface area contributed by atoms with Gasteiger partial charge in [-0.05, 0) is 38.5 Å². The van der Waals surface area contributed by atoms with Crippen molar-refractivity contribution in [1.82, 2.24) is 5.32 Å². The number of hydrogen-bond acceptors (Lipinski definition) is 1. The van der Waals surface area contributed by atoms with Gasteiger partial charge in [-0.1, -0.05) is 53.4 Å². The first-order chi connectivity index (χ1) is 8.16. The molecule has 0 unspecified atom stereocenters. The normalized spacial score (nSPS) is 21.9. The van der Waals surface area contributed by atoms with Gasteiger partial charge in [0.25, 0.3) is 0 Å². The molecule has 17 heavy (non-hydrogen) atoms. The summed E-state index contributed by atoms with van der Waals surface area (Å²) in [6.45, 7) is 9.33. The first-order valence-electron chi connectivity index (χ1n) is 7.95. The molecule has 1 nitrogen and oxygen atoms in total. The third-order valence-electron chi connectivity index (χ3n) is 4.53. The lowest BCUT2D eigenvalue weighted by atomic mass is 9.86. The topological polar surface area (TPSA) is 12.0 Å². The summed E-state index contributed by atoms with van der Waals surface area (Å²) in [7, 11) is 0. The molecule has 1 heterocycles. The Morgan fingerprint density at radius 2 is 0.941 bits per heavy atom. The molecular formula is C16H33N. The van der Waals surface area contributed by atoms with Crippen LogP contribution in [0.1, 0.15) is 91.9 Å². The molecular weight excluding hydrogens is 206 g/mol. The fraction of sp³-hybridized carbons (Fsp3) is 1.00. The molecule has 0 aromatic heterocycles. The molecule has 0 aromatic carbocycles. The van der Waals surface area contributed by atoms with E-state index in [2.05, 4.69) is 33.0 Å². The van der Waals surface area contributed by atoms with Gasteiger partial charge < -0.3 is 5.32 Å². The molecule has 0 spiro atoms. The van der Waals surface area contributed by atoms with Crippen LogP contribution in [0, 0.1) is 0 Å². The van der Waals surface area contributed by atoms with Gasteiger partial charge >= 0.3 is 0 Å². The van der Waals surface area contributed by atoms with Gasteiger partial charge in [0.05, 0.1) is 0 Å². The van der Waals surface area contributed by atoms with Crippen LogP contribution in [0.25, 0.3) is 0 Å². The van der Waals surface area contributed by atoms with Crippen molar-refractivity contribution in [3.05, 3.63) is 0 Å². The van der Waals surface area contributed by atoms with Crippen molar-refractivity contribution in [2.75, 3.05) is 0 Å². The van der Waals surface area contributed by atoms with E-state index in [0.29, 0.717) is 11.1 Å². The molecule has 1 heteroatoms. The monoisotopic (exact) mass is 239 g/mol. The molecule has 0 radical (unpaired) electrons. The fourth-order valence-electron chi connectivity index (χ4n) is 4.08. The molecule has 0 bridgehead atoms. The summed E-state index contributed by atoms with van der Waals surface area (Å²) < 4.78 is 0. The minimum Gasteiger partial charge on any atom is -0.306 e. The summed E-state index contributed by atoms with van der Waals surface area (Å²) in [6.07, 6.45) is 13.6. The van der Waals surface area contributed by atoms with Crippen molar-refractivity contribution in [3.8, 4) is 0 Å². The Balaban J connectivity index is 2.72. The smallest absolute Gasteiger partial charge is 0.0187 e. The summed E-state index contributed by atoms with van der Waals surface area (Å²) in [6, 6.07) is 0. The lowest BCUT2D eigenvalue weighted by molar-refractivity contribution is 0.235. The van der Waals surface area contributed by atoms with Crippen LogP contribution in [-0.4, -0.2) is 11.1 Å². The number of hydrogen-bond donors (Lipinski definition) is 1. The largest absolute Gasteiger partial charge is 0.306 e. The minimum atomic E-state index is 0.480. The van der Waals surface area contributed by atoms with Crippen LogP contribution in [0.5, 0.6) is 0 Å². The predicted molar refractivity (Wildman–Crippen MR) is 77.5 cm³/mol. The maximum Gasteiger partial charge on any atom is 0.0187 e. The van der Waals surface area contributed by atoms with E-state index in [1.807, 2.05) is 0 Å². The quantitative estimate of drug-likeness (QED) is 0.625. The molecule has 0 aromatic rings. The van der Waals surface area contributed by atoms with Crippen LogP contribution in [0.3, 0.4) is 0 Å². The lowest BCUT2D eigenvalue weighted by Gasteiger charge is -2.36. The summed E-state index contributed by atoms with van der Waals surface area (Å²) >= 11 is 0. The van der Waals surface area contributed by atoms with Gasteiger partial charge in [0.1, 0.15) is 0 Å². The highest BCUT2D eigenvalue weighted by Gasteiger charge is 2.44. The van der Waals surface area contributed by atoms with E-state index in [1.165, 1.54) is 64.2 Å². The van der Waals surface area contributed by atoms with Crippen molar-refractivity contribution < 1.29 is 0 Å². The zero-order valence-electron chi connectivity index (χ0n) is 12.6. The van der Waals surface area contributed by atoms with E-state index in [0.717, 1.165) is 0 Å². The standard InChI is InChI=1S/C16H33N/c1-5-9-15(10-6-2)13-14-16(17-15,11-7-3)12-8-4/h17H,5-14H2,1-4H3. The van der Waals surface area contributed by atoms with Crippen molar-refractivity contribution in [3.63, 3.8) is 0 Å². The van der Waals surface area contributed by atoms with E-state index in [1.54, 1.807) is 0 Å². The summed E-state index contributed by atoms with van der Waals surface area (Å²) in [4.78, 5) is 0. The van der Waals surface area contributed by atoms with E-state index in [9.17, 15) is 0 Å². The predicted octanol–water partition coefficient (Wildman–Crippen LogP) is 5.05. The van der Waals surface area contributed by atoms with Crippen LogP contribution in [0.2, 0.25) is 0 Å². The van der Waals surface area contributed by atoms with Gasteiger partial charge in [0.2, 0.25) is 0 Å². The molecule has 1 fully saturated rings. The van der Waals surface area contributed by atoms with Crippen LogP contribution in [0.15, 0.2) is 0 Å². The van der Waals surface area contributed by atoms with Gasteiger partial charge in [-0.3, -0.25) is 0 Å². The van der Waals surface area contributed by atoms with Gasteiger partial charge in [-0.15, -0.1) is 0 Å². The first-order valence-corrected chi connectivity index (χ1v) is 7.95. The van der Waals surface area contributed by atoms with Crippen LogP contribution < -0.4 is 5.32 Å². The maximum absolute atomic E-state index is 4.12. The van der Waals surface area contributed by atoms with Gasteiger partial charge in [-0.2, -0.15) is 0 Å². The van der Waals surface area contributed by atoms with Gasteiger partial charge in [0, 0.05) is 11.1 Å². The molecule has 0 aliphatic carbocycles. The molecule has 0 atom stereocenters. The van der Waals surface area contributed by atoms with Gasteiger partial charge in [-0.25, -0.2) is 0 Å². The highest BCUT2D eigenvalue weighted by atomic mass is 15.1. The maximum atomic E-state index is 4.12. The van der Waals surface area contributed by atoms with Crippen molar-refractivity contribution >= 4 is 0 Å². The Kier molecular flexibility index (Phi) is 5.99. The Hall–Kier alpha value is -0.0400. The summed E-state index contributed by atoms with van der Waals surface area (Å²) in [5.74, 6) is 0. The van der Waals surface area contributed by atoms with Crippen molar-refractivity contribution in [2.45, 2.75) is 103 Å². The van der Waals surface area contributed by atoms with E-state index in [-0.39, 0.29) is 0 Å². The average molecular weight is 239 g/mol. The van der Waals surface area contributed by atoms with Crippen LogP contribution in [-0.2, 0) is 0 Å². The first kappa shape index (κ1) is 15.0. The average Bonchev–Trinajstić information content (AvgIpc) is 2.60. The Morgan fingerprint density at radius 3 is 1.18 bits per heavy atom. The van der Waals surface area contributed by atoms with E-state index in [4.69, 9.17) is 0 Å². The zero-order valence-corrected chi connectivity index (χ0v) is 12.6. The zero-order chi connectivity index (χ0) is 12.8. The molecule has 1 rings (SSSR count). The number of nitrogens with one attached hydrogen (secondary N) is 1. The molecule has 1 N–H and O–H groups in total. The van der Waals surface area contributed by atoms with Crippen molar-refractivity contribution in [2.24, 2.45) is 0 Å². The summed E-state index contributed by atoms with van der Waals surface area (Å²) in [5.41, 5.74) is 0.960. The van der Waals surface area contributed by atoms with Gasteiger partial charge in [0.15, 0.2) is 0 Å². The highest BCUT2D eigenvalue weighted by Crippen LogP contribution is 2.41. The Morgan fingerprint density at radius 1 is 0.647 bits per heavy atom. The van der Waals surface area contributed by atoms with Crippen LogP contribution in [0.4, 0.5) is 0 Å². The third kappa shape index (κ3) is 3.71. The SMILES string of the molecule is CCCC1(CCC)CCC(CCC)(CCC)N1. The second-order valence-corrected chi connectivity index (χ2v) is 6.19. The molecule has 0 saturated carbocycles. The Labute approximate surface area is 109 Å². The third-order valence-corrected chi connectivity index (χ3v) is 4.53. The van der Waals surface area contributed by atoms with Crippen LogP contribution >= 0.6 is 0 Å². The van der Waals surface area contributed by atoms with E-state index < -0.39 is 0 Å². The second kappa shape index (κ2) is 6.78. The molecule has 0 amide bonds. The highest BCUT2D eigenvalue weighted by molar-refractivity contribution is 5.05. The number of rotatable bonds is 8. The molecule has 1 aliphatic rings. The Bertz CT molecular complexity index is 176.